The molecule has 4 heteroatoms. The highest BCUT2D eigenvalue weighted by Gasteiger charge is 2.08. The van der Waals surface area contributed by atoms with E-state index in [4.69, 9.17) is 9.84 Å². The van der Waals surface area contributed by atoms with Gasteiger partial charge in [0.2, 0.25) is 0 Å². The molecule has 3 N–H and O–H groups in total. The van der Waals surface area contributed by atoms with E-state index >= 15 is 0 Å². The molecule has 3 unspecified atom stereocenters. The van der Waals surface area contributed by atoms with Gasteiger partial charge >= 0.3 is 0 Å². The maximum Gasteiger partial charge on any atom is 0.0897 e. The Morgan fingerprint density at radius 2 is 1.84 bits per heavy atom. The van der Waals surface area contributed by atoms with Crippen LogP contribution in [0.5, 0.6) is 0 Å². The molecular formula is C15H33NO3. The van der Waals surface area contributed by atoms with Crippen molar-refractivity contribution in [1.82, 2.24) is 5.32 Å². The van der Waals surface area contributed by atoms with Crippen LogP contribution in [-0.2, 0) is 4.74 Å². The lowest BCUT2D eigenvalue weighted by Gasteiger charge is -2.17. The first kappa shape index (κ1) is 18.8. The molecule has 0 amide bonds. The predicted molar refractivity (Wildman–Crippen MR) is 79.3 cm³/mol. The third-order valence-corrected chi connectivity index (χ3v) is 3.33. The molecule has 0 fully saturated rings. The molecule has 0 heterocycles. The Balaban J connectivity index is 3.47. The third-order valence-electron chi connectivity index (χ3n) is 3.33. The van der Waals surface area contributed by atoms with Crippen LogP contribution in [0.1, 0.15) is 52.9 Å². The number of nitrogens with one attached hydrogen (secondary N) is 1. The molecule has 0 saturated heterocycles. The van der Waals surface area contributed by atoms with Gasteiger partial charge in [0.15, 0.2) is 0 Å². The number of unbranched alkanes of at least 4 members (excludes halogenated alkanes) is 1. The minimum atomic E-state index is -0.460. The van der Waals surface area contributed by atoms with Gasteiger partial charge in [-0.3, -0.25) is 0 Å². The standard InChI is InChI=1S/C15H33NO3/c1-4-6-7-14(5-2)11-19-12-15(18)10-16-9-8-13(3)17/h13-18H,4-12H2,1-3H3. The Bertz CT molecular complexity index is 188. The molecule has 0 radical (unpaired) electrons. The van der Waals surface area contributed by atoms with Crippen molar-refractivity contribution in [3.63, 3.8) is 0 Å². The molecule has 0 aromatic carbocycles. The summed E-state index contributed by atoms with van der Waals surface area (Å²) in [6, 6.07) is 0. The highest BCUT2D eigenvalue weighted by Crippen LogP contribution is 2.12. The van der Waals surface area contributed by atoms with E-state index in [0.29, 0.717) is 25.5 Å². The normalized spacial score (nSPS) is 16.3. The number of aliphatic hydroxyl groups excluding tert-OH is 2. The lowest BCUT2D eigenvalue weighted by Crippen LogP contribution is -2.32. The van der Waals surface area contributed by atoms with Gasteiger partial charge in [-0.1, -0.05) is 33.1 Å². The molecule has 116 valence electrons. The lowest BCUT2D eigenvalue weighted by atomic mass is 10.0. The average Bonchev–Trinajstić information content (AvgIpc) is 2.38. The largest absolute Gasteiger partial charge is 0.393 e. The van der Waals surface area contributed by atoms with Gasteiger partial charge < -0.3 is 20.3 Å². The first-order valence-corrected chi connectivity index (χ1v) is 7.74. The monoisotopic (exact) mass is 275 g/mol. The minimum absolute atomic E-state index is 0.287. The Morgan fingerprint density at radius 1 is 1.11 bits per heavy atom. The van der Waals surface area contributed by atoms with Crippen LogP contribution in [0.15, 0.2) is 0 Å². The minimum Gasteiger partial charge on any atom is -0.393 e. The summed E-state index contributed by atoms with van der Waals surface area (Å²) in [6.45, 7) is 8.56. The summed E-state index contributed by atoms with van der Waals surface area (Å²) in [5.74, 6) is 0.621. The molecule has 0 aliphatic rings. The van der Waals surface area contributed by atoms with E-state index in [9.17, 15) is 5.11 Å². The zero-order chi connectivity index (χ0) is 14.5. The van der Waals surface area contributed by atoms with Gasteiger partial charge in [0.25, 0.3) is 0 Å². The van der Waals surface area contributed by atoms with E-state index in [2.05, 4.69) is 19.2 Å². The van der Waals surface area contributed by atoms with Gasteiger partial charge in [-0.05, 0) is 32.2 Å². The van der Waals surface area contributed by atoms with Crippen LogP contribution in [0.3, 0.4) is 0 Å². The summed E-state index contributed by atoms with van der Waals surface area (Å²) in [5.41, 5.74) is 0. The van der Waals surface area contributed by atoms with Crippen LogP contribution in [-0.4, -0.2) is 48.7 Å². The second kappa shape index (κ2) is 12.9. The highest BCUT2D eigenvalue weighted by molar-refractivity contribution is 4.61. The van der Waals surface area contributed by atoms with Crippen molar-refractivity contribution in [3.8, 4) is 0 Å². The van der Waals surface area contributed by atoms with E-state index in [1.54, 1.807) is 6.92 Å². The van der Waals surface area contributed by atoms with Crippen LogP contribution in [0.25, 0.3) is 0 Å². The van der Waals surface area contributed by atoms with Crippen LogP contribution in [0, 0.1) is 5.92 Å². The van der Waals surface area contributed by atoms with E-state index in [0.717, 1.165) is 19.6 Å². The Hall–Kier alpha value is -0.160. The van der Waals surface area contributed by atoms with Crippen molar-refractivity contribution in [3.05, 3.63) is 0 Å². The van der Waals surface area contributed by atoms with Gasteiger partial charge in [0.1, 0.15) is 0 Å². The fourth-order valence-corrected chi connectivity index (χ4v) is 1.91. The topological polar surface area (TPSA) is 61.7 Å². The second-order valence-electron chi connectivity index (χ2n) is 5.45. The summed E-state index contributed by atoms with van der Waals surface area (Å²) in [6.07, 6.45) is 4.81. The zero-order valence-electron chi connectivity index (χ0n) is 12.9. The molecule has 3 atom stereocenters. The zero-order valence-corrected chi connectivity index (χ0v) is 12.9. The molecule has 0 bridgehead atoms. The second-order valence-corrected chi connectivity index (χ2v) is 5.45. The van der Waals surface area contributed by atoms with Crippen LogP contribution in [0.2, 0.25) is 0 Å². The van der Waals surface area contributed by atoms with Crippen LogP contribution in [0.4, 0.5) is 0 Å². The van der Waals surface area contributed by atoms with Gasteiger partial charge in [0.05, 0.1) is 18.8 Å². The Labute approximate surface area is 118 Å². The lowest BCUT2D eigenvalue weighted by molar-refractivity contribution is 0.0191. The predicted octanol–water partition coefficient (Wildman–Crippen LogP) is 1.94. The first-order chi connectivity index (χ1) is 9.10. The van der Waals surface area contributed by atoms with Crippen molar-refractivity contribution in [2.45, 2.75) is 65.1 Å². The Kier molecular flexibility index (Phi) is 12.7. The molecule has 0 aliphatic heterocycles. The van der Waals surface area contributed by atoms with Gasteiger partial charge in [-0.25, -0.2) is 0 Å². The van der Waals surface area contributed by atoms with Gasteiger partial charge in [0, 0.05) is 13.2 Å². The number of hydrogen-bond acceptors (Lipinski definition) is 4. The summed E-state index contributed by atoms with van der Waals surface area (Å²) >= 11 is 0. The smallest absolute Gasteiger partial charge is 0.0897 e. The third kappa shape index (κ3) is 12.6. The number of rotatable bonds is 13. The van der Waals surface area contributed by atoms with Crippen molar-refractivity contribution in [1.29, 1.82) is 0 Å². The van der Waals surface area contributed by atoms with Crippen molar-refractivity contribution in [2.24, 2.45) is 5.92 Å². The van der Waals surface area contributed by atoms with E-state index < -0.39 is 6.10 Å². The molecular weight excluding hydrogens is 242 g/mol. The summed E-state index contributed by atoms with van der Waals surface area (Å²) in [4.78, 5) is 0. The number of ether oxygens (including phenoxy) is 1. The van der Waals surface area contributed by atoms with Crippen LogP contribution < -0.4 is 5.32 Å². The maximum atomic E-state index is 9.73. The van der Waals surface area contributed by atoms with E-state index in [-0.39, 0.29) is 6.10 Å². The van der Waals surface area contributed by atoms with E-state index in [1.165, 1.54) is 19.3 Å². The molecule has 4 nitrogen and oxygen atoms in total. The SMILES string of the molecule is CCCCC(CC)COCC(O)CNCCC(C)O. The van der Waals surface area contributed by atoms with Crippen molar-refractivity contribution < 1.29 is 14.9 Å². The number of aliphatic hydroxyl groups is 2. The molecule has 0 saturated carbocycles. The van der Waals surface area contributed by atoms with Gasteiger partial charge in [-0.15, -0.1) is 0 Å². The number of hydrogen-bond donors (Lipinski definition) is 3. The average molecular weight is 275 g/mol. The summed E-state index contributed by atoms with van der Waals surface area (Å²) < 4.78 is 5.58. The molecule has 0 aromatic heterocycles. The molecule has 0 spiro atoms. The highest BCUT2D eigenvalue weighted by atomic mass is 16.5. The van der Waals surface area contributed by atoms with Crippen molar-refractivity contribution >= 4 is 0 Å². The van der Waals surface area contributed by atoms with Crippen LogP contribution >= 0.6 is 0 Å². The van der Waals surface area contributed by atoms with Crippen molar-refractivity contribution in [2.75, 3.05) is 26.3 Å². The fraction of sp³-hybridized carbons (Fsp3) is 1.00. The summed E-state index contributed by atoms with van der Waals surface area (Å²) in [7, 11) is 0. The quantitative estimate of drug-likeness (QED) is 0.450. The summed E-state index contributed by atoms with van der Waals surface area (Å²) in [5, 5.41) is 21.9. The molecule has 0 rings (SSSR count). The molecule has 0 aliphatic carbocycles. The maximum absolute atomic E-state index is 9.73. The molecule has 19 heavy (non-hydrogen) atoms. The van der Waals surface area contributed by atoms with E-state index in [1.807, 2.05) is 0 Å². The first-order valence-electron chi connectivity index (χ1n) is 7.74. The van der Waals surface area contributed by atoms with Gasteiger partial charge in [-0.2, -0.15) is 0 Å². The Morgan fingerprint density at radius 3 is 2.42 bits per heavy atom. The molecule has 0 aromatic rings. The fourth-order valence-electron chi connectivity index (χ4n) is 1.91.